The van der Waals surface area contributed by atoms with Crippen molar-refractivity contribution in [2.24, 2.45) is 0 Å². The molecule has 224 valence electrons. The molecule has 0 aliphatic rings. The number of fused-ring (bicyclic) bond motifs is 4. The summed E-state index contributed by atoms with van der Waals surface area (Å²) in [6.07, 6.45) is 0. The summed E-state index contributed by atoms with van der Waals surface area (Å²) in [5, 5.41) is 3.18. The number of pyridine rings is 2. The monoisotopic (exact) mass is 612 g/mol. The summed E-state index contributed by atoms with van der Waals surface area (Å²) in [5.41, 5.74) is 11.9. The third-order valence-corrected chi connectivity index (χ3v) is 8.88. The molecule has 9 rings (SSSR count). The summed E-state index contributed by atoms with van der Waals surface area (Å²) in [6, 6.07) is 58.6. The van der Waals surface area contributed by atoms with E-state index < -0.39 is 0 Å². The maximum absolute atomic E-state index is 5.15. The van der Waals surface area contributed by atoms with E-state index in [2.05, 4.69) is 115 Å². The van der Waals surface area contributed by atoms with Crippen molar-refractivity contribution in [1.82, 2.24) is 19.9 Å². The van der Waals surface area contributed by atoms with Gasteiger partial charge in [0.05, 0.1) is 33.6 Å². The van der Waals surface area contributed by atoms with E-state index in [1.54, 1.807) is 0 Å². The second kappa shape index (κ2) is 11.7. The molecule has 6 aromatic carbocycles. The Balaban J connectivity index is 1.10. The van der Waals surface area contributed by atoms with Crippen molar-refractivity contribution in [1.29, 1.82) is 0 Å². The van der Waals surface area contributed by atoms with Crippen molar-refractivity contribution in [2.75, 3.05) is 0 Å². The fourth-order valence-corrected chi connectivity index (χ4v) is 6.37. The predicted molar refractivity (Wildman–Crippen MR) is 197 cm³/mol. The molecular weight excluding hydrogens is 585 g/mol. The van der Waals surface area contributed by atoms with Crippen LogP contribution < -0.4 is 0 Å². The van der Waals surface area contributed by atoms with Crippen LogP contribution in [0.5, 0.6) is 0 Å². The molecule has 3 heterocycles. The van der Waals surface area contributed by atoms with Crippen molar-refractivity contribution < 1.29 is 0 Å². The van der Waals surface area contributed by atoms with Crippen molar-refractivity contribution >= 4 is 32.7 Å². The van der Waals surface area contributed by atoms with Crippen molar-refractivity contribution in [3.63, 3.8) is 0 Å². The van der Waals surface area contributed by atoms with Crippen LogP contribution in [0.2, 0.25) is 0 Å². The largest absolute Gasteiger partial charge is 0.245 e. The molecule has 3 aromatic heterocycles. The summed E-state index contributed by atoms with van der Waals surface area (Å²) in [4.78, 5) is 20.3. The number of benzene rings is 6. The van der Waals surface area contributed by atoms with Crippen molar-refractivity contribution in [3.8, 4) is 56.3 Å². The maximum Gasteiger partial charge on any atom is 0.160 e. The molecule has 0 aliphatic heterocycles. The zero-order valence-corrected chi connectivity index (χ0v) is 26.0. The fourth-order valence-electron chi connectivity index (χ4n) is 6.37. The van der Waals surface area contributed by atoms with Crippen LogP contribution in [0.4, 0.5) is 0 Å². The van der Waals surface area contributed by atoms with Gasteiger partial charge in [-0.1, -0.05) is 146 Å². The Hall–Kier alpha value is -6.52. The Morgan fingerprint density at radius 2 is 0.792 bits per heavy atom. The summed E-state index contributed by atoms with van der Waals surface area (Å²) >= 11 is 0. The molecule has 0 radical (unpaired) electrons. The Kier molecular flexibility index (Phi) is 6.76. The summed E-state index contributed by atoms with van der Waals surface area (Å²) in [5.74, 6) is 0.717. The van der Waals surface area contributed by atoms with E-state index >= 15 is 0 Å². The molecule has 9 aromatic rings. The van der Waals surface area contributed by atoms with Gasteiger partial charge in [-0.05, 0) is 35.4 Å². The first-order chi connectivity index (χ1) is 23.8. The topological polar surface area (TPSA) is 51.6 Å². The highest BCUT2D eigenvalue weighted by Gasteiger charge is 2.13. The first kappa shape index (κ1) is 27.8. The number of rotatable bonds is 5. The highest BCUT2D eigenvalue weighted by molar-refractivity contribution is 6.04. The fraction of sp³-hybridized carbons (Fsp3) is 0. The quantitative estimate of drug-likeness (QED) is 0.181. The second-order valence-corrected chi connectivity index (χ2v) is 11.9. The highest BCUT2D eigenvalue weighted by atomic mass is 14.9. The Morgan fingerprint density at radius 3 is 1.40 bits per heavy atom. The molecule has 0 atom stereocenters. The smallest absolute Gasteiger partial charge is 0.160 e. The Labute approximate surface area is 278 Å². The van der Waals surface area contributed by atoms with E-state index in [-0.39, 0.29) is 0 Å². The van der Waals surface area contributed by atoms with Crippen LogP contribution in [-0.2, 0) is 0 Å². The van der Waals surface area contributed by atoms with Gasteiger partial charge in [-0.15, -0.1) is 0 Å². The highest BCUT2D eigenvalue weighted by Crippen LogP contribution is 2.33. The van der Waals surface area contributed by atoms with Gasteiger partial charge in [0.15, 0.2) is 5.82 Å². The molecule has 4 nitrogen and oxygen atoms in total. The molecule has 0 amide bonds. The first-order valence-corrected chi connectivity index (χ1v) is 16.1. The Morgan fingerprint density at radius 1 is 0.312 bits per heavy atom. The molecular formula is C44H28N4. The molecule has 0 aliphatic carbocycles. The third kappa shape index (κ3) is 5.06. The van der Waals surface area contributed by atoms with E-state index in [1.807, 2.05) is 54.6 Å². The van der Waals surface area contributed by atoms with E-state index in [0.717, 1.165) is 89.0 Å². The third-order valence-electron chi connectivity index (χ3n) is 8.88. The van der Waals surface area contributed by atoms with Gasteiger partial charge in [0, 0.05) is 38.4 Å². The van der Waals surface area contributed by atoms with Crippen LogP contribution in [0.25, 0.3) is 89.0 Å². The van der Waals surface area contributed by atoms with Crippen LogP contribution >= 0.6 is 0 Å². The van der Waals surface area contributed by atoms with E-state index in [4.69, 9.17) is 19.9 Å². The molecule has 48 heavy (non-hydrogen) atoms. The molecule has 0 unspecified atom stereocenters. The molecule has 0 saturated heterocycles. The standard InChI is InChI=1S/C44H28N4/c1-4-10-30(11-5-1)38-26-23-33-20-21-34-24-27-39(46-43(34)42(33)45-38)31-18-16-29(17-19-31)36-22-25-37-40(28-36)47-44(35-14-8-3-9-15-35)48-41(37)32-12-6-2-7-13-32/h1-28H. The lowest BCUT2D eigenvalue weighted by Gasteiger charge is -2.11. The SMILES string of the molecule is c1ccc(-c2ccc3ccc4ccc(-c5ccc(-c6ccc7c(-c8ccccc8)nc(-c8ccccc8)nc7c6)cc5)nc4c3n2)cc1. The minimum atomic E-state index is 0.717. The lowest BCUT2D eigenvalue weighted by atomic mass is 9.99. The van der Waals surface area contributed by atoms with Crippen molar-refractivity contribution in [3.05, 3.63) is 170 Å². The van der Waals surface area contributed by atoms with Crippen LogP contribution in [0, 0.1) is 0 Å². The van der Waals surface area contributed by atoms with Crippen LogP contribution in [-0.4, -0.2) is 19.9 Å². The minimum Gasteiger partial charge on any atom is -0.245 e. The average Bonchev–Trinajstić information content (AvgIpc) is 3.18. The summed E-state index contributed by atoms with van der Waals surface area (Å²) < 4.78 is 0. The molecule has 4 heteroatoms. The molecule has 0 spiro atoms. The lowest BCUT2D eigenvalue weighted by molar-refractivity contribution is 1.23. The second-order valence-electron chi connectivity index (χ2n) is 11.9. The lowest BCUT2D eigenvalue weighted by Crippen LogP contribution is -1.95. The van der Waals surface area contributed by atoms with E-state index in [0.29, 0.717) is 0 Å². The minimum absolute atomic E-state index is 0.717. The summed E-state index contributed by atoms with van der Waals surface area (Å²) in [6.45, 7) is 0. The molecule has 0 N–H and O–H groups in total. The van der Waals surface area contributed by atoms with Gasteiger partial charge in [-0.2, -0.15) is 0 Å². The van der Waals surface area contributed by atoms with Crippen LogP contribution in [0.15, 0.2) is 170 Å². The first-order valence-electron chi connectivity index (χ1n) is 16.1. The van der Waals surface area contributed by atoms with Gasteiger partial charge in [0.1, 0.15) is 0 Å². The molecule has 0 bridgehead atoms. The number of nitrogens with zero attached hydrogens (tertiary/aromatic N) is 4. The summed E-state index contributed by atoms with van der Waals surface area (Å²) in [7, 11) is 0. The number of aromatic nitrogens is 4. The average molecular weight is 613 g/mol. The predicted octanol–water partition coefficient (Wildman–Crippen LogP) is 11.1. The molecule has 0 saturated carbocycles. The van der Waals surface area contributed by atoms with Gasteiger partial charge in [-0.3, -0.25) is 0 Å². The normalized spacial score (nSPS) is 11.3. The number of hydrogen-bond donors (Lipinski definition) is 0. The zero-order chi connectivity index (χ0) is 31.9. The van der Waals surface area contributed by atoms with Gasteiger partial charge < -0.3 is 0 Å². The van der Waals surface area contributed by atoms with E-state index in [9.17, 15) is 0 Å². The van der Waals surface area contributed by atoms with Gasteiger partial charge in [0.25, 0.3) is 0 Å². The maximum atomic E-state index is 5.15. The Bertz CT molecular complexity index is 2580. The number of hydrogen-bond acceptors (Lipinski definition) is 4. The van der Waals surface area contributed by atoms with Crippen LogP contribution in [0.1, 0.15) is 0 Å². The van der Waals surface area contributed by atoms with Gasteiger partial charge >= 0.3 is 0 Å². The zero-order valence-electron chi connectivity index (χ0n) is 26.0. The molecule has 0 fully saturated rings. The van der Waals surface area contributed by atoms with Gasteiger partial charge in [0.2, 0.25) is 0 Å². The van der Waals surface area contributed by atoms with Gasteiger partial charge in [-0.25, -0.2) is 19.9 Å². The van der Waals surface area contributed by atoms with E-state index in [1.165, 1.54) is 0 Å². The van der Waals surface area contributed by atoms with Crippen LogP contribution in [0.3, 0.4) is 0 Å². The van der Waals surface area contributed by atoms with Crippen molar-refractivity contribution in [2.45, 2.75) is 0 Å².